The molecule has 0 saturated carbocycles. The molecule has 0 radical (unpaired) electrons. The Morgan fingerprint density at radius 1 is 1.22 bits per heavy atom. The van der Waals surface area contributed by atoms with Crippen LogP contribution in [0.25, 0.3) is 10.6 Å². The van der Waals surface area contributed by atoms with Crippen molar-refractivity contribution in [1.29, 1.82) is 0 Å². The minimum absolute atomic E-state index is 0. The van der Waals surface area contributed by atoms with Crippen LogP contribution in [-0.2, 0) is 0 Å². The molecule has 27 heavy (non-hydrogen) atoms. The number of thiazole rings is 2. The molecule has 1 aliphatic rings. The summed E-state index contributed by atoms with van der Waals surface area (Å²) in [6, 6.07) is 8.16. The van der Waals surface area contributed by atoms with Crippen LogP contribution in [0.3, 0.4) is 0 Å². The van der Waals surface area contributed by atoms with Gasteiger partial charge in [0.1, 0.15) is 10.7 Å². The van der Waals surface area contributed by atoms with Crippen molar-refractivity contribution in [2.24, 2.45) is 0 Å². The maximum absolute atomic E-state index is 12.5. The third-order valence-electron chi connectivity index (χ3n) is 4.52. The van der Waals surface area contributed by atoms with Crippen LogP contribution in [0.2, 0.25) is 0 Å². The maximum atomic E-state index is 12.5. The first-order chi connectivity index (χ1) is 12.7. The van der Waals surface area contributed by atoms with E-state index in [1.807, 2.05) is 30.5 Å². The molecule has 5 nitrogen and oxygen atoms in total. The number of amides is 1. The average Bonchev–Trinajstić information content (AvgIpc) is 3.33. The van der Waals surface area contributed by atoms with Crippen molar-refractivity contribution < 1.29 is 4.79 Å². The number of rotatable bonds is 4. The fourth-order valence-corrected chi connectivity index (χ4v) is 4.79. The van der Waals surface area contributed by atoms with Crippen molar-refractivity contribution in [2.75, 3.05) is 18.4 Å². The lowest BCUT2D eigenvalue weighted by Crippen LogP contribution is -2.26. The summed E-state index contributed by atoms with van der Waals surface area (Å²) in [6.07, 6.45) is 4.15. The fraction of sp³-hybridized carbons (Fsp3) is 0.316. The number of anilines is 1. The largest absolute Gasteiger partial charge is 0.317 e. The van der Waals surface area contributed by atoms with E-state index in [2.05, 4.69) is 27.5 Å². The summed E-state index contributed by atoms with van der Waals surface area (Å²) in [4.78, 5) is 22.6. The molecule has 3 aromatic rings. The quantitative estimate of drug-likeness (QED) is 0.641. The normalized spacial score (nSPS) is 14.6. The van der Waals surface area contributed by atoms with E-state index in [1.165, 1.54) is 21.8 Å². The molecule has 0 aliphatic carbocycles. The van der Waals surface area contributed by atoms with Crippen LogP contribution in [0.1, 0.15) is 39.7 Å². The molecule has 2 aromatic heterocycles. The van der Waals surface area contributed by atoms with E-state index in [-0.39, 0.29) is 18.3 Å². The molecule has 142 valence electrons. The minimum Gasteiger partial charge on any atom is -0.317 e. The van der Waals surface area contributed by atoms with Gasteiger partial charge < -0.3 is 5.32 Å². The summed E-state index contributed by atoms with van der Waals surface area (Å²) in [6.45, 7) is 4.15. The number of carbonyl (C=O) groups excluding carboxylic acids is 1. The van der Waals surface area contributed by atoms with Gasteiger partial charge in [0.05, 0.1) is 0 Å². The number of nitrogens with one attached hydrogen (secondary N) is 2. The minimum atomic E-state index is -0.203. The Balaban J connectivity index is 0.00000210. The number of nitrogens with zero attached hydrogens (tertiary/aromatic N) is 2. The van der Waals surface area contributed by atoms with Crippen LogP contribution < -0.4 is 10.6 Å². The zero-order valence-corrected chi connectivity index (χ0v) is 17.3. The Hall–Kier alpha value is -1.80. The monoisotopic (exact) mass is 420 g/mol. The number of carbonyl (C=O) groups is 1. The smallest absolute Gasteiger partial charge is 0.276 e. The SMILES string of the molecule is Cc1ccc(-c2nc(C(=O)Nc3ncc(C4CCNCC4)s3)cs2)cc1.Cl. The van der Waals surface area contributed by atoms with Crippen LogP contribution in [0.5, 0.6) is 0 Å². The van der Waals surface area contributed by atoms with Gasteiger partial charge in [-0.2, -0.15) is 0 Å². The number of hydrogen-bond acceptors (Lipinski definition) is 6. The third kappa shape index (κ3) is 4.73. The van der Waals surface area contributed by atoms with Gasteiger partial charge in [-0.3, -0.25) is 10.1 Å². The van der Waals surface area contributed by atoms with Crippen molar-refractivity contribution in [3.05, 3.63) is 52.0 Å². The van der Waals surface area contributed by atoms with Crippen LogP contribution in [0.15, 0.2) is 35.8 Å². The zero-order chi connectivity index (χ0) is 17.9. The molecule has 1 saturated heterocycles. The second kappa shape index (κ2) is 8.93. The van der Waals surface area contributed by atoms with Gasteiger partial charge >= 0.3 is 0 Å². The second-order valence-corrected chi connectivity index (χ2v) is 8.37. The molecular formula is C19H21ClN4OS2. The summed E-state index contributed by atoms with van der Waals surface area (Å²) in [5.41, 5.74) is 2.67. The first-order valence-corrected chi connectivity index (χ1v) is 10.4. The van der Waals surface area contributed by atoms with E-state index in [0.29, 0.717) is 16.7 Å². The van der Waals surface area contributed by atoms with Gasteiger partial charge in [-0.1, -0.05) is 29.8 Å². The van der Waals surface area contributed by atoms with Gasteiger partial charge in [0.2, 0.25) is 0 Å². The van der Waals surface area contributed by atoms with Crippen molar-refractivity contribution in [2.45, 2.75) is 25.7 Å². The number of hydrogen-bond donors (Lipinski definition) is 2. The Labute approximate surface area is 172 Å². The van der Waals surface area contributed by atoms with Gasteiger partial charge in [-0.15, -0.1) is 35.1 Å². The molecule has 0 bridgehead atoms. The van der Waals surface area contributed by atoms with E-state index in [1.54, 1.807) is 16.7 Å². The lowest BCUT2D eigenvalue weighted by molar-refractivity contribution is 0.102. The molecule has 0 atom stereocenters. The van der Waals surface area contributed by atoms with Crippen LogP contribution >= 0.6 is 35.1 Å². The van der Waals surface area contributed by atoms with E-state index in [0.717, 1.165) is 36.5 Å². The van der Waals surface area contributed by atoms with Gasteiger partial charge in [-0.05, 0) is 38.8 Å². The zero-order valence-electron chi connectivity index (χ0n) is 14.9. The Morgan fingerprint density at radius 3 is 2.70 bits per heavy atom. The van der Waals surface area contributed by atoms with Crippen LogP contribution in [0, 0.1) is 6.92 Å². The Morgan fingerprint density at radius 2 is 1.96 bits per heavy atom. The first kappa shape index (κ1) is 19.9. The summed E-state index contributed by atoms with van der Waals surface area (Å²) < 4.78 is 0. The highest BCUT2D eigenvalue weighted by molar-refractivity contribution is 7.16. The molecule has 1 fully saturated rings. The van der Waals surface area contributed by atoms with Crippen molar-refractivity contribution in [3.63, 3.8) is 0 Å². The van der Waals surface area contributed by atoms with Crippen LogP contribution in [-0.4, -0.2) is 29.0 Å². The first-order valence-electron chi connectivity index (χ1n) is 8.69. The van der Waals surface area contributed by atoms with E-state index in [4.69, 9.17) is 0 Å². The predicted molar refractivity (Wildman–Crippen MR) is 114 cm³/mol. The fourth-order valence-electron chi connectivity index (χ4n) is 3.01. The number of halogens is 1. The second-order valence-electron chi connectivity index (χ2n) is 6.45. The molecule has 0 spiro atoms. The topological polar surface area (TPSA) is 66.9 Å². The molecule has 0 unspecified atom stereocenters. The lowest BCUT2D eigenvalue weighted by Gasteiger charge is -2.20. The highest BCUT2D eigenvalue weighted by Crippen LogP contribution is 2.32. The molecule has 1 aliphatic heterocycles. The summed E-state index contributed by atoms with van der Waals surface area (Å²) in [7, 11) is 0. The molecular weight excluding hydrogens is 400 g/mol. The lowest BCUT2D eigenvalue weighted by atomic mass is 9.97. The Kier molecular flexibility index (Phi) is 6.59. The van der Waals surface area contributed by atoms with Crippen molar-refractivity contribution in [3.8, 4) is 10.6 Å². The standard InChI is InChI=1S/C19H20N4OS2.ClH/c1-12-2-4-14(5-3-12)18-22-15(11-25-18)17(24)23-19-21-10-16(26-19)13-6-8-20-9-7-13;/h2-5,10-11,13,20H,6-9H2,1H3,(H,21,23,24);1H. The predicted octanol–water partition coefficient (Wildman–Crippen LogP) is 4.72. The number of piperidine rings is 1. The molecule has 2 N–H and O–H groups in total. The van der Waals surface area contributed by atoms with E-state index >= 15 is 0 Å². The average molecular weight is 421 g/mol. The summed E-state index contributed by atoms with van der Waals surface area (Å²) >= 11 is 3.05. The third-order valence-corrected chi connectivity index (χ3v) is 6.49. The molecule has 1 aromatic carbocycles. The number of benzene rings is 1. The molecule has 4 rings (SSSR count). The number of aryl methyl sites for hydroxylation is 1. The van der Waals surface area contributed by atoms with E-state index < -0.39 is 0 Å². The molecule has 8 heteroatoms. The van der Waals surface area contributed by atoms with Gasteiger partial charge in [0.15, 0.2) is 5.13 Å². The van der Waals surface area contributed by atoms with Gasteiger partial charge in [0.25, 0.3) is 5.91 Å². The van der Waals surface area contributed by atoms with Gasteiger partial charge in [-0.25, -0.2) is 9.97 Å². The maximum Gasteiger partial charge on any atom is 0.276 e. The highest BCUT2D eigenvalue weighted by atomic mass is 35.5. The summed E-state index contributed by atoms with van der Waals surface area (Å²) in [5, 5.41) is 9.56. The van der Waals surface area contributed by atoms with Crippen molar-refractivity contribution >= 4 is 46.1 Å². The van der Waals surface area contributed by atoms with Crippen molar-refractivity contribution in [1.82, 2.24) is 15.3 Å². The van der Waals surface area contributed by atoms with Crippen LogP contribution in [0.4, 0.5) is 5.13 Å². The van der Waals surface area contributed by atoms with E-state index in [9.17, 15) is 4.79 Å². The summed E-state index contributed by atoms with van der Waals surface area (Å²) in [5.74, 6) is 0.345. The van der Waals surface area contributed by atoms with Gasteiger partial charge in [0, 0.05) is 22.0 Å². The number of aromatic nitrogens is 2. The molecule has 1 amide bonds. The highest BCUT2D eigenvalue weighted by Gasteiger charge is 2.19. The Bertz CT molecular complexity index is 901. The molecule has 3 heterocycles.